The average Bonchev–Trinajstić information content (AvgIpc) is 3.17. The van der Waals surface area contributed by atoms with Gasteiger partial charge in [0.2, 0.25) is 0 Å². The predicted molar refractivity (Wildman–Crippen MR) is 110 cm³/mol. The van der Waals surface area contributed by atoms with Crippen LogP contribution in [0.15, 0.2) is 47.1 Å². The van der Waals surface area contributed by atoms with Crippen molar-refractivity contribution in [1.29, 1.82) is 0 Å². The zero-order chi connectivity index (χ0) is 19.9. The van der Waals surface area contributed by atoms with Gasteiger partial charge in [0.15, 0.2) is 6.10 Å². The lowest BCUT2D eigenvalue weighted by molar-refractivity contribution is -0.150. The van der Waals surface area contributed by atoms with E-state index in [0.717, 1.165) is 21.0 Å². The molecule has 0 bridgehead atoms. The maximum absolute atomic E-state index is 12.2. The van der Waals surface area contributed by atoms with Crippen molar-refractivity contribution in [3.05, 3.63) is 42.0 Å². The first-order chi connectivity index (χ1) is 13.6. The van der Waals surface area contributed by atoms with Crippen molar-refractivity contribution in [2.24, 2.45) is 0 Å². The summed E-state index contributed by atoms with van der Waals surface area (Å²) in [4.78, 5) is 33.6. The van der Waals surface area contributed by atoms with Gasteiger partial charge in [0.05, 0.1) is 12.4 Å². The Labute approximate surface area is 170 Å². The van der Waals surface area contributed by atoms with Crippen LogP contribution in [0.25, 0.3) is 10.2 Å². The smallest absolute Gasteiger partial charge is 0.317 e. The Morgan fingerprint density at radius 3 is 2.75 bits per heavy atom. The Hall–Kier alpha value is -2.65. The van der Waals surface area contributed by atoms with Crippen LogP contribution in [0.3, 0.4) is 0 Å². The van der Waals surface area contributed by atoms with Crippen molar-refractivity contribution in [2.45, 2.75) is 25.0 Å². The minimum atomic E-state index is -0.911. The minimum Gasteiger partial charge on any atom is -0.494 e. The second-order valence-electron chi connectivity index (χ2n) is 5.69. The van der Waals surface area contributed by atoms with Crippen LogP contribution in [-0.4, -0.2) is 40.3 Å². The fourth-order valence-electron chi connectivity index (χ4n) is 2.34. The number of anilines is 1. The molecule has 0 aliphatic heterocycles. The van der Waals surface area contributed by atoms with Crippen molar-refractivity contribution >= 4 is 50.9 Å². The van der Waals surface area contributed by atoms with Gasteiger partial charge in [-0.3, -0.25) is 9.59 Å². The number of ether oxygens (including phenoxy) is 2. The van der Waals surface area contributed by atoms with Crippen molar-refractivity contribution in [3.8, 4) is 5.75 Å². The fourth-order valence-corrected chi connectivity index (χ4v) is 3.90. The summed E-state index contributed by atoms with van der Waals surface area (Å²) >= 11 is 2.78. The molecule has 1 aromatic carbocycles. The number of hydrogen-bond acceptors (Lipinski definition) is 8. The summed E-state index contributed by atoms with van der Waals surface area (Å²) in [6.45, 7) is 4.01. The monoisotopic (exact) mass is 417 g/mol. The van der Waals surface area contributed by atoms with Crippen LogP contribution >= 0.6 is 23.1 Å². The Morgan fingerprint density at radius 2 is 2.00 bits per heavy atom. The number of esters is 1. The largest absolute Gasteiger partial charge is 0.494 e. The van der Waals surface area contributed by atoms with E-state index in [1.165, 1.54) is 36.3 Å². The first-order valence-electron chi connectivity index (χ1n) is 8.61. The number of rotatable bonds is 8. The summed E-state index contributed by atoms with van der Waals surface area (Å²) in [6, 6.07) is 8.90. The van der Waals surface area contributed by atoms with E-state index in [1.807, 2.05) is 18.4 Å². The molecule has 0 unspecified atom stereocenters. The van der Waals surface area contributed by atoms with Crippen LogP contribution < -0.4 is 10.1 Å². The first kappa shape index (κ1) is 20.1. The molecule has 146 valence electrons. The molecule has 0 radical (unpaired) electrons. The van der Waals surface area contributed by atoms with Crippen molar-refractivity contribution in [1.82, 2.24) is 9.97 Å². The molecule has 0 spiro atoms. The highest BCUT2D eigenvalue weighted by Crippen LogP contribution is 2.27. The van der Waals surface area contributed by atoms with Gasteiger partial charge >= 0.3 is 5.97 Å². The fraction of sp³-hybridized carbons (Fsp3) is 0.263. The van der Waals surface area contributed by atoms with E-state index in [2.05, 4.69) is 15.3 Å². The first-order valence-corrected chi connectivity index (χ1v) is 10.5. The standard InChI is InChI=1S/C19H19N3O4S2/c1-3-25-14-6-4-13(5-7-14)22-17(24)12(2)26-16(23)10-28-19-15-8-9-27-18(15)20-11-21-19/h4-9,11-12H,3,10H2,1-2H3,(H,22,24)/t12-/m1/s1. The Balaban J connectivity index is 1.49. The number of fused-ring (bicyclic) bond motifs is 1. The lowest BCUT2D eigenvalue weighted by atomic mass is 10.3. The molecule has 0 fully saturated rings. The van der Waals surface area contributed by atoms with Gasteiger partial charge in [0.25, 0.3) is 5.91 Å². The summed E-state index contributed by atoms with van der Waals surface area (Å²) in [6.07, 6.45) is 0.561. The number of nitrogens with zero attached hydrogens (tertiary/aromatic N) is 2. The van der Waals surface area contributed by atoms with Gasteiger partial charge in [-0.1, -0.05) is 11.8 Å². The molecule has 28 heavy (non-hydrogen) atoms. The average molecular weight is 418 g/mol. The molecular weight excluding hydrogens is 398 g/mol. The third-order valence-corrected chi connectivity index (χ3v) is 5.46. The van der Waals surface area contributed by atoms with E-state index < -0.39 is 18.0 Å². The molecule has 0 saturated heterocycles. The summed E-state index contributed by atoms with van der Waals surface area (Å²) in [5.74, 6) is -0.102. The molecule has 3 aromatic rings. The summed E-state index contributed by atoms with van der Waals surface area (Å²) in [5.41, 5.74) is 0.603. The number of carbonyl (C=O) groups excluding carboxylic acids is 2. The van der Waals surface area contributed by atoms with Crippen LogP contribution in [0.1, 0.15) is 13.8 Å². The van der Waals surface area contributed by atoms with Gasteiger partial charge in [-0.05, 0) is 49.6 Å². The quantitative estimate of drug-likeness (QED) is 0.339. The number of nitrogens with one attached hydrogen (secondary N) is 1. The molecule has 9 heteroatoms. The third kappa shape index (κ3) is 5.20. The molecule has 1 atom stereocenters. The molecule has 3 rings (SSSR count). The lowest BCUT2D eigenvalue weighted by Gasteiger charge is -2.13. The van der Waals surface area contributed by atoms with Crippen LogP contribution in [0.4, 0.5) is 5.69 Å². The topological polar surface area (TPSA) is 90.4 Å². The van der Waals surface area contributed by atoms with E-state index in [4.69, 9.17) is 9.47 Å². The number of benzene rings is 1. The lowest BCUT2D eigenvalue weighted by Crippen LogP contribution is -2.30. The Bertz CT molecular complexity index is 959. The van der Waals surface area contributed by atoms with Crippen LogP contribution in [0, 0.1) is 0 Å². The molecule has 2 aromatic heterocycles. The molecule has 0 aliphatic carbocycles. The number of amides is 1. The summed E-state index contributed by atoms with van der Waals surface area (Å²) in [7, 11) is 0. The van der Waals surface area contributed by atoms with Crippen molar-refractivity contribution in [3.63, 3.8) is 0 Å². The molecule has 0 aliphatic rings. The number of thioether (sulfide) groups is 1. The van der Waals surface area contributed by atoms with Gasteiger partial charge in [-0.25, -0.2) is 9.97 Å². The third-order valence-electron chi connectivity index (χ3n) is 3.66. The summed E-state index contributed by atoms with van der Waals surface area (Å²) in [5, 5.41) is 6.26. The van der Waals surface area contributed by atoms with E-state index in [-0.39, 0.29) is 5.75 Å². The zero-order valence-corrected chi connectivity index (χ0v) is 17.0. The van der Waals surface area contributed by atoms with E-state index >= 15 is 0 Å². The molecule has 2 heterocycles. The van der Waals surface area contributed by atoms with Crippen molar-refractivity contribution in [2.75, 3.05) is 17.7 Å². The molecule has 7 nitrogen and oxygen atoms in total. The highest BCUT2D eigenvalue weighted by Gasteiger charge is 2.18. The van der Waals surface area contributed by atoms with Crippen LogP contribution in [0.5, 0.6) is 5.75 Å². The van der Waals surface area contributed by atoms with Gasteiger partial charge in [0.1, 0.15) is 21.9 Å². The Kier molecular flexibility index (Phi) is 6.83. The molecule has 1 N–H and O–H groups in total. The van der Waals surface area contributed by atoms with E-state index in [1.54, 1.807) is 24.3 Å². The zero-order valence-electron chi connectivity index (χ0n) is 15.4. The highest BCUT2D eigenvalue weighted by molar-refractivity contribution is 8.00. The highest BCUT2D eigenvalue weighted by atomic mass is 32.2. The number of thiophene rings is 1. The second kappa shape index (κ2) is 9.52. The summed E-state index contributed by atoms with van der Waals surface area (Å²) < 4.78 is 10.6. The number of hydrogen-bond donors (Lipinski definition) is 1. The Morgan fingerprint density at radius 1 is 1.21 bits per heavy atom. The normalized spacial score (nSPS) is 11.8. The maximum Gasteiger partial charge on any atom is 0.317 e. The van der Waals surface area contributed by atoms with Gasteiger partial charge in [-0.2, -0.15) is 0 Å². The maximum atomic E-state index is 12.2. The van der Waals surface area contributed by atoms with Gasteiger partial charge < -0.3 is 14.8 Å². The van der Waals surface area contributed by atoms with Gasteiger partial charge in [-0.15, -0.1) is 11.3 Å². The second-order valence-corrected chi connectivity index (χ2v) is 7.54. The van der Waals surface area contributed by atoms with Gasteiger partial charge in [0, 0.05) is 11.1 Å². The number of aromatic nitrogens is 2. The molecule has 1 amide bonds. The van der Waals surface area contributed by atoms with Crippen molar-refractivity contribution < 1.29 is 19.1 Å². The number of carbonyl (C=O) groups is 2. The van der Waals surface area contributed by atoms with Crippen LogP contribution in [0.2, 0.25) is 0 Å². The van der Waals surface area contributed by atoms with E-state index in [0.29, 0.717) is 12.3 Å². The SMILES string of the molecule is CCOc1ccc(NC(=O)[C@@H](C)OC(=O)CSc2ncnc3sccc23)cc1. The van der Waals surface area contributed by atoms with Crippen LogP contribution in [-0.2, 0) is 14.3 Å². The molecule has 0 saturated carbocycles. The minimum absolute atomic E-state index is 0.0582. The molecular formula is C19H19N3O4S2. The van der Waals surface area contributed by atoms with E-state index in [9.17, 15) is 9.59 Å². The predicted octanol–water partition coefficient (Wildman–Crippen LogP) is 3.75.